The van der Waals surface area contributed by atoms with Crippen LogP contribution in [0.25, 0.3) is 11.3 Å². The van der Waals surface area contributed by atoms with Crippen molar-refractivity contribution >= 4 is 35.1 Å². The third-order valence-electron chi connectivity index (χ3n) is 4.41. The lowest BCUT2D eigenvalue weighted by Gasteiger charge is -2.15. The number of nitrogens with zero attached hydrogens (tertiary/aromatic N) is 1. The molecule has 0 spiro atoms. The largest absolute Gasteiger partial charge is 0.441 e. The first-order valence-corrected chi connectivity index (χ1v) is 10.9. The van der Waals surface area contributed by atoms with Gasteiger partial charge in [0.15, 0.2) is 5.76 Å². The molecule has 0 bridgehead atoms. The number of carbonyl (C=O) groups excluding carboxylic acids is 1. The van der Waals surface area contributed by atoms with Crippen molar-refractivity contribution in [1.29, 1.82) is 0 Å². The number of hydrogen-bond donors (Lipinski definition) is 1. The number of aryl methyl sites for hydroxylation is 1. The number of carbonyl (C=O) groups is 1. The molecule has 3 aromatic rings. The summed E-state index contributed by atoms with van der Waals surface area (Å²) < 4.78 is 11.0. The number of amides is 1. The van der Waals surface area contributed by atoms with Crippen LogP contribution < -0.4 is 5.32 Å². The molecule has 0 radical (unpaired) electrons. The van der Waals surface area contributed by atoms with E-state index in [1.54, 1.807) is 19.9 Å². The predicted molar refractivity (Wildman–Crippen MR) is 118 cm³/mol. The van der Waals surface area contributed by atoms with E-state index < -0.39 is 12.2 Å². The zero-order chi connectivity index (χ0) is 20.8. The Kier molecular flexibility index (Phi) is 7.23. The lowest BCUT2D eigenvalue weighted by atomic mass is 10.1. The fraction of sp³-hybridized carbons (Fsp3) is 0.273. The number of rotatable bonds is 7. The maximum Gasteiger partial charge on any atom is 0.412 e. The van der Waals surface area contributed by atoms with E-state index in [1.165, 1.54) is 5.56 Å². The molecule has 0 saturated heterocycles. The average molecular weight is 431 g/mol. The molecule has 5 nitrogen and oxygen atoms in total. The lowest BCUT2D eigenvalue weighted by Crippen LogP contribution is -2.17. The van der Waals surface area contributed by atoms with Crippen LogP contribution in [0, 0.1) is 6.92 Å². The summed E-state index contributed by atoms with van der Waals surface area (Å²) in [5.74, 6) is 2.54. The third kappa shape index (κ3) is 5.34. The van der Waals surface area contributed by atoms with Gasteiger partial charge in [0.25, 0.3) is 0 Å². The van der Waals surface area contributed by atoms with Crippen LogP contribution in [0.15, 0.2) is 53.1 Å². The molecule has 1 unspecified atom stereocenters. The normalized spacial score (nSPS) is 11.9. The van der Waals surface area contributed by atoms with Gasteiger partial charge >= 0.3 is 6.09 Å². The van der Waals surface area contributed by atoms with Gasteiger partial charge in [-0.3, -0.25) is 5.32 Å². The number of nitrogens with one attached hydrogen (secondary N) is 1. The summed E-state index contributed by atoms with van der Waals surface area (Å²) in [7, 11) is 0. The summed E-state index contributed by atoms with van der Waals surface area (Å²) in [5.41, 5.74) is 3.89. The highest BCUT2D eigenvalue weighted by Gasteiger charge is 2.20. The molecule has 1 heterocycles. The van der Waals surface area contributed by atoms with Gasteiger partial charge in [0.1, 0.15) is 17.5 Å². The van der Waals surface area contributed by atoms with Gasteiger partial charge in [-0.25, -0.2) is 4.79 Å². The number of thioether (sulfide) groups is 1. The Morgan fingerprint density at radius 1 is 1.24 bits per heavy atom. The highest BCUT2D eigenvalue weighted by atomic mass is 35.5. The highest BCUT2D eigenvalue weighted by molar-refractivity contribution is 7.98. The van der Waals surface area contributed by atoms with Gasteiger partial charge < -0.3 is 9.26 Å². The van der Waals surface area contributed by atoms with Crippen LogP contribution in [-0.4, -0.2) is 17.0 Å². The fourth-order valence-corrected chi connectivity index (χ4v) is 3.77. The van der Waals surface area contributed by atoms with Crippen molar-refractivity contribution in [3.63, 3.8) is 0 Å². The van der Waals surface area contributed by atoms with Crippen LogP contribution in [0.5, 0.6) is 0 Å². The van der Waals surface area contributed by atoms with E-state index in [0.29, 0.717) is 22.2 Å². The summed E-state index contributed by atoms with van der Waals surface area (Å²) in [6.07, 6.45) is -1.09. The molecule has 29 heavy (non-hydrogen) atoms. The molecule has 7 heteroatoms. The highest BCUT2D eigenvalue weighted by Crippen LogP contribution is 2.32. The summed E-state index contributed by atoms with van der Waals surface area (Å²) in [4.78, 5) is 12.5. The van der Waals surface area contributed by atoms with Crippen LogP contribution in [0.3, 0.4) is 0 Å². The molecule has 1 aromatic heterocycles. The summed E-state index contributed by atoms with van der Waals surface area (Å²) in [6, 6.07) is 15.3. The van der Waals surface area contributed by atoms with E-state index in [9.17, 15) is 4.79 Å². The predicted octanol–water partition coefficient (Wildman–Crippen LogP) is 6.87. The first-order chi connectivity index (χ1) is 14.0. The molecular weight excluding hydrogens is 408 g/mol. The SMILES string of the molecule is CCSCc1ccc(-c2onc(C)c2NC(=O)OC(C)c2ccccc2Cl)cc1. The number of aromatic nitrogens is 1. The molecular formula is C22H23ClN2O3S. The number of anilines is 1. The first-order valence-electron chi connectivity index (χ1n) is 9.35. The number of benzene rings is 2. The van der Waals surface area contributed by atoms with Gasteiger partial charge in [0.05, 0.1) is 0 Å². The van der Waals surface area contributed by atoms with Gasteiger partial charge in [-0.15, -0.1) is 0 Å². The topological polar surface area (TPSA) is 64.4 Å². The zero-order valence-corrected chi connectivity index (χ0v) is 18.1. The Balaban J connectivity index is 1.72. The molecule has 0 saturated carbocycles. The van der Waals surface area contributed by atoms with Gasteiger partial charge in [-0.2, -0.15) is 11.8 Å². The average Bonchev–Trinajstić information content (AvgIpc) is 3.07. The Hall–Kier alpha value is -2.44. The Morgan fingerprint density at radius 3 is 2.66 bits per heavy atom. The summed E-state index contributed by atoms with van der Waals surface area (Å²) in [5, 5.41) is 7.31. The van der Waals surface area contributed by atoms with E-state index >= 15 is 0 Å². The molecule has 1 atom stereocenters. The molecule has 1 N–H and O–H groups in total. The van der Waals surface area contributed by atoms with Gasteiger partial charge in [-0.1, -0.05) is 66.1 Å². The Labute approximate surface area is 179 Å². The van der Waals surface area contributed by atoms with Crippen LogP contribution in [-0.2, 0) is 10.5 Å². The minimum absolute atomic E-state index is 0.497. The molecule has 2 aromatic carbocycles. The Morgan fingerprint density at radius 2 is 1.97 bits per heavy atom. The molecule has 0 aliphatic rings. The van der Waals surface area contributed by atoms with Crippen molar-refractivity contribution in [2.75, 3.05) is 11.1 Å². The zero-order valence-electron chi connectivity index (χ0n) is 16.6. The monoisotopic (exact) mass is 430 g/mol. The van der Waals surface area contributed by atoms with Crippen LogP contribution in [0.4, 0.5) is 10.5 Å². The third-order valence-corrected chi connectivity index (χ3v) is 5.70. The van der Waals surface area contributed by atoms with Crippen molar-refractivity contribution in [3.8, 4) is 11.3 Å². The van der Waals surface area contributed by atoms with Gasteiger partial charge in [0.2, 0.25) is 0 Å². The maximum absolute atomic E-state index is 12.5. The molecule has 3 rings (SSSR count). The van der Waals surface area contributed by atoms with Crippen molar-refractivity contribution < 1.29 is 14.1 Å². The minimum atomic E-state index is -0.596. The second-order valence-corrected chi connectivity index (χ2v) is 8.18. The Bertz CT molecular complexity index is 972. The van der Waals surface area contributed by atoms with E-state index in [1.807, 2.05) is 42.1 Å². The number of halogens is 1. The second kappa shape index (κ2) is 9.85. The van der Waals surface area contributed by atoms with Gasteiger partial charge in [0, 0.05) is 21.9 Å². The van der Waals surface area contributed by atoms with Crippen molar-refractivity contribution in [3.05, 3.63) is 70.4 Å². The van der Waals surface area contributed by atoms with Crippen molar-refractivity contribution in [2.45, 2.75) is 32.6 Å². The van der Waals surface area contributed by atoms with Crippen molar-refractivity contribution in [1.82, 2.24) is 5.16 Å². The lowest BCUT2D eigenvalue weighted by molar-refractivity contribution is 0.121. The molecule has 152 valence electrons. The molecule has 1 amide bonds. The molecule has 0 aliphatic carbocycles. The van der Waals surface area contributed by atoms with Gasteiger partial charge in [-0.05, 0) is 31.2 Å². The number of ether oxygens (including phenoxy) is 1. The van der Waals surface area contributed by atoms with Crippen LogP contribution in [0.1, 0.15) is 36.8 Å². The standard InChI is InChI=1S/C22H23ClN2O3S/c1-4-29-13-16-9-11-17(12-10-16)21-20(14(2)25-28-21)24-22(26)27-15(3)18-7-5-6-8-19(18)23/h5-12,15H,4,13H2,1-3H3,(H,24,26). The number of hydrogen-bond acceptors (Lipinski definition) is 5. The van der Waals surface area contributed by atoms with Crippen LogP contribution >= 0.6 is 23.4 Å². The van der Waals surface area contributed by atoms with E-state index in [4.69, 9.17) is 20.9 Å². The van der Waals surface area contributed by atoms with E-state index in [0.717, 1.165) is 22.6 Å². The fourth-order valence-electron chi connectivity index (χ4n) is 2.85. The minimum Gasteiger partial charge on any atom is -0.441 e. The van der Waals surface area contributed by atoms with Crippen molar-refractivity contribution in [2.24, 2.45) is 0 Å². The molecule has 0 fully saturated rings. The van der Waals surface area contributed by atoms with Crippen LogP contribution in [0.2, 0.25) is 5.02 Å². The van der Waals surface area contributed by atoms with E-state index in [-0.39, 0.29) is 0 Å². The summed E-state index contributed by atoms with van der Waals surface area (Å²) in [6.45, 7) is 5.68. The van der Waals surface area contributed by atoms with E-state index in [2.05, 4.69) is 29.5 Å². The smallest absolute Gasteiger partial charge is 0.412 e. The maximum atomic E-state index is 12.5. The quantitative estimate of drug-likeness (QED) is 0.443. The molecule has 0 aliphatic heterocycles. The summed E-state index contributed by atoms with van der Waals surface area (Å²) >= 11 is 8.05. The first kappa shape index (κ1) is 21.3. The second-order valence-electron chi connectivity index (χ2n) is 6.50.